The van der Waals surface area contributed by atoms with Crippen LogP contribution in [0.5, 0.6) is 0 Å². The average molecular weight is 309 g/mol. The Morgan fingerprint density at radius 1 is 1.14 bits per heavy atom. The lowest BCUT2D eigenvalue weighted by atomic mass is 10.2. The Kier molecular flexibility index (Phi) is 3.16. The van der Waals surface area contributed by atoms with Crippen LogP contribution in [0.15, 0.2) is 64.3 Å². The second-order valence-corrected chi connectivity index (χ2v) is 5.71. The molecule has 22 heavy (non-hydrogen) atoms. The van der Waals surface area contributed by atoms with Crippen LogP contribution in [0.3, 0.4) is 0 Å². The Labute approximate surface area is 130 Å². The summed E-state index contributed by atoms with van der Waals surface area (Å²) < 4.78 is 7.44. The molecule has 0 aliphatic carbocycles. The van der Waals surface area contributed by atoms with Gasteiger partial charge in [-0.3, -0.25) is 9.20 Å². The van der Waals surface area contributed by atoms with Crippen LogP contribution >= 0.6 is 11.8 Å². The molecule has 0 saturated heterocycles. The van der Waals surface area contributed by atoms with Gasteiger partial charge in [0.25, 0.3) is 0 Å². The Morgan fingerprint density at radius 3 is 2.91 bits per heavy atom. The van der Waals surface area contributed by atoms with Crippen molar-refractivity contribution in [3.63, 3.8) is 0 Å². The zero-order valence-corrected chi connectivity index (χ0v) is 12.3. The number of Topliss-reactive ketones (excluding diaryl/α,β-unsaturated/α-hetero) is 1. The summed E-state index contributed by atoms with van der Waals surface area (Å²) >= 11 is 1.35. The minimum absolute atomic E-state index is 0.0612. The fourth-order valence-electron chi connectivity index (χ4n) is 2.24. The van der Waals surface area contributed by atoms with Gasteiger partial charge in [0.2, 0.25) is 5.78 Å². The molecule has 3 heterocycles. The number of hydrogen-bond donors (Lipinski definition) is 0. The van der Waals surface area contributed by atoms with Gasteiger partial charge in [-0.2, -0.15) is 0 Å². The van der Waals surface area contributed by atoms with Crippen LogP contribution < -0.4 is 0 Å². The number of ketones is 1. The molecule has 0 spiro atoms. The minimum atomic E-state index is -0.0612. The van der Waals surface area contributed by atoms with Crippen LogP contribution in [-0.2, 0) is 0 Å². The van der Waals surface area contributed by atoms with Crippen molar-refractivity contribution in [2.45, 2.75) is 5.16 Å². The summed E-state index contributed by atoms with van der Waals surface area (Å²) in [6.45, 7) is 0. The largest absolute Gasteiger partial charge is 0.453 e. The lowest BCUT2D eigenvalue weighted by molar-refractivity contribution is 0.0994. The number of thioether (sulfide) groups is 1. The number of carbonyl (C=O) groups excluding carboxylic acids is 1. The number of pyridine rings is 1. The molecule has 6 heteroatoms. The Hall–Kier alpha value is -2.60. The average Bonchev–Trinajstić information content (AvgIpc) is 3.16. The molecule has 0 fully saturated rings. The van der Waals surface area contributed by atoms with Gasteiger partial charge in [-0.25, -0.2) is 0 Å². The first kappa shape index (κ1) is 13.1. The molecule has 0 aliphatic heterocycles. The van der Waals surface area contributed by atoms with Crippen molar-refractivity contribution in [1.29, 1.82) is 0 Å². The molecular formula is C16H11N3O2S. The number of benzene rings is 1. The van der Waals surface area contributed by atoms with Gasteiger partial charge >= 0.3 is 0 Å². The van der Waals surface area contributed by atoms with Crippen LogP contribution in [0.2, 0.25) is 0 Å². The topological polar surface area (TPSA) is 60.4 Å². The van der Waals surface area contributed by atoms with Gasteiger partial charge in [-0.15, -0.1) is 10.2 Å². The predicted octanol–water partition coefficient (Wildman–Crippen LogP) is 3.45. The summed E-state index contributed by atoms with van der Waals surface area (Å²) in [5, 5.41) is 9.79. The lowest BCUT2D eigenvalue weighted by Crippen LogP contribution is -2.01. The van der Waals surface area contributed by atoms with Crippen molar-refractivity contribution in [1.82, 2.24) is 14.6 Å². The minimum Gasteiger partial charge on any atom is -0.453 e. The Balaban J connectivity index is 1.54. The summed E-state index contributed by atoms with van der Waals surface area (Å²) in [5.41, 5.74) is 1.49. The molecule has 4 aromatic rings. The number of fused-ring (bicyclic) bond motifs is 2. The van der Waals surface area contributed by atoms with Gasteiger partial charge in [0.15, 0.2) is 16.6 Å². The van der Waals surface area contributed by atoms with E-state index in [1.54, 1.807) is 6.07 Å². The van der Waals surface area contributed by atoms with Crippen LogP contribution in [0, 0.1) is 0 Å². The van der Waals surface area contributed by atoms with Gasteiger partial charge < -0.3 is 4.42 Å². The number of para-hydroxylation sites is 1. The Bertz CT molecular complexity index is 941. The van der Waals surface area contributed by atoms with Gasteiger partial charge in [-0.1, -0.05) is 36.0 Å². The fraction of sp³-hybridized carbons (Fsp3) is 0.0625. The smallest absolute Gasteiger partial charge is 0.208 e. The van der Waals surface area contributed by atoms with E-state index in [1.165, 1.54) is 11.8 Å². The summed E-state index contributed by atoms with van der Waals surface area (Å²) in [4.78, 5) is 12.3. The number of furan rings is 1. The van der Waals surface area contributed by atoms with E-state index in [0.29, 0.717) is 10.9 Å². The van der Waals surface area contributed by atoms with Crippen molar-refractivity contribution in [2.75, 3.05) is 5.75 Å². The van der Waals surface area contributed by atoms with Crippen molar-refractivity contribution in [2.24, 2.45) is 0 Å². The molecule has 108 valence electrons. The van der Waals surface area contributed by atoms with Gasteiger partial charge in [-0.05, 0) is 24.3 Å². The van der Waals surface area contributed by atoms with Crippen LogP contribution in [0.1, 0.15) is 10.6 Å². The van der Waals surface area contributed by atoms with E-state index in [2.05, 4.69) is 10.2 Å². The van der Waals surface area contributed by atoms with Gasteiger partial charge in [0, 0.05) is 11.6 Å². The predicted molar refractivity (Wildman–Crippen MR) is 84.3 cm³/mol. The van der Waals surface area contributed by atoms with Crippen molar-refractivity contribution >= 4 is 34.2 Å². The molecule has 3 aromatic heterocycles. The second-order valence-electron chi connectivity index (χ2n) is 4.77. The van der Waals surface area contributed by atoms with E-state index in [0.717, 1.165) is 16.6 Å². The highest BCUT2D eigenvalue weighted by molar-refractivity contribution is 7.99. The maximum Gasteiger partial charge on any atom is 0.208 e. The Morgan fingerprint density at radius 2 is 2.00 bits per heavy atom. The first-order valence-electron chi connectivity index (χ1n) is 6.75. The highest BCUT2D eigenvalue weighted by Crippen LogP contribution is 2.22. The summed E-state index contributed by atoms with van der Waals surface area (Å²) in [6, 6.07) is 15.0. The molecule has 1 aromatic carbocycles. The molecule has 5 nitrogen and oxygen atoms in total. The van der Waals surface area contributed by atoms with E-state index in [-0.39, 0.29) is 11.5 Å². The number of rotatable bonds is 4. The number of aromatic nitrogens is 3. The first-order valence-corrected chi connectivity index (χ1v) is 7.74. The third-order valence-electron chi connectivity index (χ3n) is 3.32. The van der Waals surface area contributed by atoms with Crippen molar-refractivity contribution < 1.29 is 9.21 Å². The summed E-state index contributed by atoms with van der Waals surface area (Å²) in [7, 11) is 0. The molecule has 0 unspecified atom stereocenters. The van der Waals surface area contributed by atoms with Crippen molar-refractivity contribution in [3.8, 4) is 0 Å². The van der Waals surface area contributed by atoms with Gasteiger partial charge in [0.05, 0.1) is 5.75 Å². The fourth-order valence-corrected chi connectivity index (χ4v) is 3.03. The summed E-state index contributed by atoms with van der Waals surface area (Å²) in [6.07, 6.45) is 1.88. The highest BCUT2D eigenvalue weighted by Gasteiger charge is 2.14. The summed E-state index contributed by atoms with van der Waals surface area (Å²) in [5.74, 6) is 0.576. The first-order chi connectivity index (χ1) is 10.8. The molecular weight excluding hydrogens is 298 g/mol. The molecule has 0 aliphatic rings. The quantitative estimate of drug-likeness (QED) is 0.427. The van der Waals surface area contributed by atoms with E-state index >= 15 is 0 Å². The number of hydrogen-bond acceptors (Lipinski definition) is 5. The second kappa shape index (κ2) is 5.31. The molecule has 0 amide bonds. The third-order valence-corrected chi connectivity index (χ3v) is 4.26. The van der Waals surface area contributed by atoms with Gasteiger partial charge in [0.1, 0.15) is 5.58 Å². The molecule has 0 bridgehead atoms. The molecule has 0 saturated carbocycles. The molecule has 0 radical (unpaired) electrons. The molecule has 0 atom stereocenters. The monoisotopic (exact) mass is 309 g/mol. The maximum atomic E-state index is 12.3. The van der Waals surface area contributed by atoms with Crippen LogP contribution in [0.4, 0.5) is 0 Å². The standard InChI is InChI=1S/C16H11N3O2S/c20-12(14-9-11-5-1-2-6-13(11)21-14)10-22-16-18-17-15-7-3-4-8-19(15)16/h1-9H,10H2. The zero-order valence-electron chi connectivity index (χ0n) is 11.5. The maximum absolute atomic E-state index is 12.3. The number of nitrogens with zero attached hydrogens (tertiary/aromatic N) is 3. The zero-order chi connectivity index (χ0) is 14.9. The highest BCUT2D eigenvalue weighted by atomic mass is 32.2. The van der Waals surface area contributed by atoms with Crippen LogP contribution in [0.25, 0.3) is 16.6 Å². The van der Waals surface area contributed by atoms with Crippen molar-refractivity contribution in [3.05, 3.63) is 60.5 Å². The number of carbonyl (C=O) groups is 1. The van der Waals surface area contributed by atoms with Crippen LogP contribution in [-0.4, -0.2) is 26.1 Å². The van der Waals surface area contributed by atoms with E-state index in [1.807, 2.05) is 53.1 Å². The lowest BCUT2D eigenvalue weighted by Gasteiger charge is -1.98. The molecule has 4 rings (SSSR count). The van der Waals surface area contributed by atoms with E-state index < -0.39 is 0 Å². The normalized spacial score (nSPS) is 11.3. The molecule has 0 N–H and O–H groups in total. The third kappa shape index (κ3) is 2.27. The van der Waals surface area contributed by atoms with E-state index in [4.69, 9.17) is 4.42 Å². The van der Waals surface area contributed by atoms with E-state index in [9.17, 15) is 4.79 Å². The SMILES string of the molecule is O=C(CSc1nnc2ccccn12)c1cc2ccccc2o1.